The monoisotopic (exact) mass is 293 g/mol. The van der Waals surface area contributed by atoms with E-state index in [9.17, 15) is 27.2 Å². The van der Waals surface area contributed by atoms with E-state index in [1.54, 1.807) is 5.32 Å². The Kier molecular flexibility index (Phi) is 5.00. The van der Waals surface area contributed by atoms with Crippen molar-refractivity contribution in [2.24, 2.45) is 0 Å². The van der Waals surface area contributed by atoms with E-state index in [0.717, 1.165) is 11.0 Å². The number of nitrogens with zero attached hydrogens (tertiary/aromatic N) is 2. The van der Waals surface area contributed by atoms with E-state index < -0.39 is 37.0 Å². The second-order valence-electron chi connectivity index (χ2n) is 3.90. The second kappa shape index (κ2) is 6.31. The van der Waals surface area contributed by atoms with Gasteiger partial charge in [-0.3, -0.25) is 9.59 Å². The van der Waals surface area contributed by atoms with Crippen molar-refractivity contribution in [2.75, 3.05) is 20.1 Å². The van der Waals surface area contributed by atoms with Crippen molar-refractivity contribution in [1.82, 2.24) is 15.2 Å². The number of halogens is 4. The number of nitrogens with one attached hydrogen (secondary N) is 1. The number of alkyl halides is 3. The van der Waals surface area contributed by atoms with Crippen LogP contribution in [0.3, 0.4) is 0 Å². The first-order valence-corrected chi connectivity index (χ1v) is 5.40. The van der Waals surface area contributed by atoms with E-state index in [2.05, 4.69) is 4.98 Å². The fraction of sp³-hybridized carbons (Fsp3) is 0.364. The number of hydrogen-bond acceptors (Lipinski definition) is 3. The highest BCUT2D eigenvalue weighted by molar-refractivity contribution is 5.94. The topological polar surface area (TPSA) is 62.3 Å². The first kappa shape index (κ1) is 15.9. The lowest BCUT2D eigenvalue weighted by atomic mass is 10.3. The van der Waals surface area contributed by atoms with Crippen LogP contribution in [0, 0.1) is 5.95 Å². The molecule has 9 heteroatoms. The van der Waals surface area contributed by atoms with Gasteiger partial charge in [0.2, 0.25) is 11.9 Å². The Hall–Kier alpha value is -2.19. The normalized spacial score (nSPS) is 11.1. The van der Waals surface area contributed by atoms with Crippen LogP contribution in [0.25, 0.3) is 0 Å². The quantitative estimate of drug-likeness (QED) is 0.664. The molecule has 0 aliphatic carbocycles. The average Bonchev–Trinajstić information content (AvgIpc) is 2.34. The summed E-state index contributed by atoms with van der Waals surface area (Å²) >= 11 is 0. The lowest BCUT2D eigenvalue weighted by Gasteiger charge is -2.16. The number of hydrogen-bond donors (Lipinski definition) is 1. The van der Waals surface area contributed by atoms with Crippen molar-refractivity contribution in [3.05, 3.63) is 29.8 Å². The molecule has 20 heavy (non-hydrogen) atoms. The van der Waals surface area contributed by atoms with Crippen molar-refractivity contribution in [2.45, 2.75) is 6.18 Å². The van der Waals surface area contributed by atoms with Gasteiger partial charge in [-0.1, -0.05) is 6.07 Å². The van der Waals surface area contributed by atoms with Gasteiger partial charge in [-0.25, -0.2) is 4.98 Å². The smallest absolute Gasteiger partial charge is 0.345 e. The Bertz CT molecular complexity index is 505. The highest BCUT2D eigenvalue weighted by Gasteiger charge is 2.28. The van der Waals surface area contributed by atoms with Crippen LogP contribution in [0.5, 0.6) is 0 Å². The van der Waals surface area contributed by atoms with Crippen molar-refractivity contribution >= 4 is 11.8 Å². The van der Waals surface area contributed by atoms with E-state index in [4.69, 9.17) is 0 Å². The van der Waals surface area contributed by atoms with Gasteiger partial charge in [0.05, 0.1) is 6.54 Å². The summed E-state index contributed by atoms with van der Waals surface area (Å²) in [4.78, 5) is 27.1. The first-order valence-electron chi connectivity index (χ1n) is 5.40. The molecule has 0 aliphatic rings. The summed E-state index contributed by atoms with van der Waals surface area (Å²) in [6.07, 6.45) is -4.53. The number of carbonyl (C=O) groups excluding carboxylic acids is 2. The Morgan fingerprint density at radius 3 is 2.55 bits per heavy atom. The molecule has 0 radical (unpaired) electrons. The first-order chi connectivity index (χ1) is 9.19. The summed E-state index contributed by atoms with van der Waals surface area (Å²) in [6, 6.07) is 3.52. The summed E-state index contributed by atoms with van der Waals surface area (Å²) in [7, 11) is 1.20. The van der Waals surface area contributed by atoms with E-state index in [1.807, 2.05) is 0 Å². The number of likely N-dealkylation sites (N-methyl/N-ethyl adjacent to an activating group) is 1. The van der Waals surface area contributed by atoms with Crippen molar-refractivity contribution in [1.29, 1.82) is 0 Å². The predicted molar refractivity (Wildman–Crippen MR) is 60.2 cm³/mol. The number of amides is 2. The summed E-state index contributed by atoms with van der Waals surface area (Å²) < 4.78 is 48.4. The van der Waals surface area contributed by atoms with Crippen LogP contribution >= 0.6 is 0 Å². The molecule has 110 valence electrons. The maximum Gasteiger partial charge on any atom is 0.405 e. The van der Waals surface area contributed by atoms with E-state index >= 15 is 0 Å². The van der Waals surface area contributed by atoms with E-state index in [1.165, 1.54) is 19.2 Å². The minimum absolute atomic E-state index is 0.240. The van der Waals surface area contributed by atoms with Gasteiger partial charge in [-0.05, 0) is 12.1 Å². The third kappa shape index (κ3) is 5.21. The third-order valence-electron chi connectivity index (χ3n) is 2.15. The molecule has 0 aromatic carbocycles. The second-order valence-corrected chi connectivity index (χ2v) is 3.90. The van der Waals surface area contributed by atoms with Gasteiger partial charge >= 0.3 is 6.18 Å². The Balaban J connectivity index is 2.56. The van der Waals surface area contributed by atoms with E-state index in [0.29, 0.717) is 0 Å². The number of rotatable bonds is 4. The summed E-state index contributed by atoms with van der Waals surface area (Å²) in [5.74, 6) is -2.62. The van der Waals surface area contributed by atoms with Gasteiger partial charge in [0.25, 0.3) is 5.91 Å². The molecule has 0 atom stereocenters. The fourth-order valence-electron chi connectivity index (χ4n) is 1.26. The van der Waals surface area contributed by atoms with Gasteiger partial charge in [-0.2, -0.15) is 17.6 Å². The fourth-order valence-corrected chi connectivity index (χ4v) is 1.26. The van der Waals surface area contributed by atoms with Crippen LogP contribution in [0.1, 0.15) is 10.5 Å². The van der Waals surface area contributed by atoms with Crippen LogP contribution in [0.2, 0.25) is 0 Å². The Morgan fingerprint density at radius 1 is 1.35 bits per heavy atom. The molecule has 1 rings (SSSR count). The summed E-state index contributed by atoms with van der Waals surface area (Å²) in [5, 5.41) is 1.62. The molecule has 5 nitrogen and oxygen atoms in total. The lowest BCUT2D eigenvalue weighted by Crippen LogP contribution is -2.41. The minimum Gasteiger partial charge on any atom is -0.345 e. The maximum absolute atomic E-state index is 12.8. The standard InChI is InChI=1S/C11H11F4N3O2/c1-18(5-9(19)16-6-11(13,14)15)10(20)7-3-2-4-8(12)17-7/h2-4H,5-6H2,1H3,(H,16,19). The highest BCUT2D eigenvalue weighted by Crippen LogP contribution is 2.12. The summed E-state index contributed by atoms with van der Waals surface area (Å²) in [5.41, 5.74) is -0.240. The molecule has 0 unspecified atom stereocenters. The molecule has 1 aromatic heterocycles. The average molecular weight is 293 g/mol. The molecular formula is C11H11F4N3O2. The van der Waals surface area contributed by atoms with Crippen LogP contribution < -0.4 is 5.32 Å². The minimum atomic E-state index is -4.53. The zero-order chi connectivity index (χ0) is 15.3. The molecule has 1 aromatic rings. The molecule has 0 spiro atoms. The lowest BCUT2D eigenvalue weighted by molar-refractivity contribution is -0.138. The van der Waals surface area contributed by atoms with Crippen molar-refractivity contribution in [3.63, 3.8) is 0 Å². The SMILES string of the molecule is CN(CC(=O)NCC(F)(F)F)C(=O)c1cccc(F)n1. The zero-order valence-electron chi connectivity index (χ0n) is 10.4. The van der Waals surface area contributed by atoms with Crippen LogP contribution in [0.4, 0.5) is 17.6 Å². The van der Waals surface area contributed by atoms with Crippen LogP contribution in [-0.2, 0) is 4.79 Å². The molecule has 0 fully saturated rings. The molecule has 0 aliphatic heterocycles. The third-order valence-corrected chi connectivity index (χ3v) is 2.15. The number of carbonyl (C=O) groups is 2. The van der Waals surface area contributed by atoms with Gasteiger partial charge in [-0.15, -0.1) is 0 Å². The van der Waals surface area contributed by atoms with Crippen LogP contribution in [-0.4, -0.2) is 48.0 Å². The zero-order valence-corrected chi connectivity index (χ0v) is 10.4. The predicted octanol–water partition coefficient (Wildman–Crippen LogP) is 0.971. The van der Waals surface area contributed by atoms with E-state index in [-0.39, 0.29) is 5.69 Å². The highest BCUT2D eigenvalue weighted by atomic mass is 19.4. The molecule has 2 amide bonds. The molecule has 0 saturated heterocycles. The molecule has 0 bridgehead atoms. The number of aromatic nitrogens is 1. The molecule has 1 N–H and O–H groups in total. The van der Waals surface area contributed by atoms with Crippen molar-refractivity contribution in [3.8, 4) is 0 Å². The molecule has 1 heterocycles. The van der Waals surface area contributed by atoms with Gasteiger partial charge < -0.3 is 10.2 Å². The summed E-state index contributed by atoms with van der Waals surface area (Å²) in [6.45, 7) is -2.07. The van der Waals surface area contributed by atoms with Gasteiger partial charge in [0.1, 0.15) is 12.2 Å². The maximum atomic E-state index is 12.8. The van der Waals surface area contributed by atoms with Gasteiger partial charge in [0.15, 0.2) is 0 Å². The van der Waals surface area contributed by atoms with Gasteiger partial charge in [0, 0.05) is 7.05 Å². The number of pyridine rings is 1. The molecule has 0 saturated carbocycles. The molecular weight excluding hydrogens is 282 g/mol. The Labute approximate surface area is 111 Å². The van der Waals surface area contributed by atoms with Crippen molar-refractivity contribution < 1.29 is 27.2 Å². The van der Waals surface area contributed by atoms with Crippen LogP contribution in [0.15, 0.2) is 18.2 Å². The Morgan fingerprint density at radius 2 is 2.00 bits per heavy atom. The largest absolute Gasteiger partial charge is 0.405 e.